The molecule has 0 saturated carbocycles. The summed E-state index contributed by atoms with van der Waals surface area (Å²) in [5.74, 6) is -0.0207. The minimum atomic E-state index is -3.75. The zero-order valence-corrected chi connectivity index (χ0v) is 19.4. The van der Waals surface area contributed by atoms with Gasteiger partial charge in [-0.1, -0.05) is 35.7 Å². The van der Waals surface area contributed by atoms with E-state index in [1.54, 1.807) is 37.3 Å². The van der Waals surface area contributed by atoms with E-state index in [-0.39, 0.29) is 33.0 Å². The van der Waals surface area contributed by atoms with Crippen LogP contribution in [0.2, 0.25) is 10.0 Å². The Labute approximate surface area is 192 Å². The molecule has 0 spiro atoms. The van der Waals surface area contributed by atoms with Crippen molar-refractivity contribution in [3.63, 3.8) is 0 Å². The van der Waals surface area contributed by atoms with Crippen LogP contribution in [0.5, 0.6) is 11.5 Å². The molecule has 2 aromatic rings. The third-order valence-corrected chi connectivity index (χ3v) is 7.24. The van der Waals surface area contributed by atoms with Crippen molar-refractivity contribution >= 4 is 44.8 Å². The average Bonchev–Trinajstić information content (AvgIpc) is 2.75. The van der Waals surface area contributed by atoms with Crippen LogP contribution >= 0.6 is 23.2 Å². The van der Waals surface area contributed by atoms with Crippen LogP contribution in [0.1, 0.15) is 26.2 Å². The number of para-hydroxylation sites is 1. The summed E-state index contributed by atoms with van der Waals surface area (Å²) in [6.45, 7) is 2.70. The molecule has 1 amide bonds. The number of rotatable bonds is 8. The predicted molar refractivity (Wildman–Crippen MR) is 121 cm³/mol. The van der Waals surface area contributed by atoms with E-state index < -0.39 is 15.9 Å². The Morgan fingerprint density at radius 1 is 1.06 bits per heavy atom. The van der Waals surface area contributed by atoms with E-state index in [1.165, 1.54) is 10.4 Å². The highest BCUT2D eigenvalue weighted by Crippen LogP contribution is 2.33. The molecule has 7 nitrogen and oxygen atoms in total. The molecule has 0 aromatic heterocycles. The second kappa shape index (κ2) is 10.5. The quantitative estimate of drug-likeness (QED) is 0.589. The first kappa shape index (κ1) is 23.7. The maximum Gasteiger partial charge on any atom is 0.262 e. The zero-order valence-electron chi connectivity index (χ0n) is 17.1. The summed E-state index contributed by atoms with van der Waals surface area (Å²) in [6, 6.07) is 9.41. The first-order valence-electron chi connectivity index (χ1n) is 9.96. The number of benzene rings is 2. The van der Waals surface area contributed by atoms with Crippen molar-refractivity contribution in [2.75, 3.05) is 31.6 Å². The second-order valence-corrected chi connectivity index (χ2v) is 9.67. The number of nitrogens with one attached hydrogen (secondary N) is 1. The van der Waals surface area contributed by atoms with Crippen LogP contribution in [0.3, 0.4) is 0 Å². The number of carbonyl (C=O) groups excluding carboxylic acids is 1. The lowest BCUT2D eigenvalue weighted by molar-refractivity contribution is -0.118. The number of piperidine rings is 1. The standard InChI is InChI=1S/C21H24Cl2N2O5S/c1-2-29-18-10-9-15(13-19(18)31(27,28)25-11-4-3-5-12-25)24-20(26)14-30-21-16(22)7-6-8-17(21)23/h6-10,13H,2-5,11-12,14H2,1H3,(H,24,26). The molecule has 1 aliphatic rings. The fourth-order valence-corrected chi connectivity index (χ4v) is 5.44. The fraction of sp³-hybridized carbons (Fsp3) is 0.381. The molecule has 1 heterocycles. The predicted octanol–water partition coefficient (Wildman–Crippen LogP) is 4.58. The maximum absolute atomic E-state index is 13.2. The summed E-state index contributed by atoms with van der Waals surface area (Å²) in [6.07, 6.45) is 2.65. The van der Waals surface area contributed by atoms with Crippen LogP contribution in [0, 0.1) is 0 Å². The van der Waals surface area contributed by atoms with Gasteiger partial charge in [-0.25, -0.2) is 8.42 Å². The highest BCUT2D eigenvalue weighted by molar-refractivity contribution is 7.89. The molecule has 10 heteroatoms. The minimum absolute atomic E-state index is 0.0316. The molecular formula is C21H24Cl2N2O5S. The number of hydrogen-bond donors (Lipinski definition) is 1. The first-order chi connectivity index (χ1) is 14.8. The Bertz CT molecular complexity index is 1020. The van der Waals surface area contributed by atoms with Crippen molar-refractivity contribution in [3.8, 4) is 11.5 Å². The highest BCUT2D eigenvalue weighted by atomic mass is 35.5. The van der Waals surface area contributed by atoms with Crippen molar-refractivity contribution in [1.29, 1.82) is 0 Å². The molecule has 1 N–H and O–H groups in total. The number of ether oxygens (including phenoxy) is 2. The van der Waals surface area contributed by atoms with E-state index in [9.17, 15) is 13.2 Å². The Morgan fingerprint density at radius 3 is 2.39 bits per heavy atom. The molecule has 168 valence electrons. The molecule has 2 aromatic carbocycles. The van der Waals surface area contributed by atoms with Gasteiger partial charge in [0.15, 0.2) is 12.4 Å². The van der Waals surface area contributed by atoms with Gasteiger partial charge < -0.3 is 14.8 Å². The van der Waals surface area contributed by atoms with Gasteiger partial charge in [-0.3, -0.25) is 4.79 Å². The van der Waals surface area contributed by atoms with E-state index in [1.807, 2.05) is 0 Å². The molecule has 1 fully saturated rings. The molecule has 3 rings (SSSR count). The Kier molecular flexibility index (Phi) is 8.05. The van der Waals surface area contributed by atoms with Crippen molar-refractivity contribution in [3.05, 3.63) is 46.4 Å². The fourth-order valence-electron chi connectivity index (χ4n) is 3.26. The lowest BCUT2D eigenvalue weighted by Gasteiger charge is -2.27. The highest BCUT2D eigenvalue weighted by Gasteiger charge is 2.29. The van der Waals surface area contributed by atoms with Crippen molar-refractivity contribution in [2.24, 2.45) is 0 Å². The SMILES string of the molecule is CCOc1ccc(NC(=O)COc2c(Cl)cccc2Cl)cc1S(=O)(=O)N1CCCCC1. The molecule has 1 saturated heterocycles. The van der Waals surface area contributed by atoms with Gasteiger partial charge in [-0.15, -0.1) is 0 Å². The van der Waals surface area contributed by atoms with E-state index in [0.29, 0.717) is 25.4 Å². The van der Waals surface area contributed by atoms with Crippen molar-refractivity contribution in [1.82, 2.24) is 4.31 Å². The minimum Gasteiger partial charge on any atom is -0.492 e. The summed E-state index contributed by atoms with van der Waals surface area (Å²) in [7, 11) is -3.75. The normalized spacial score (nSPS) is 14.8. The van der Waals surface area contributed by atoms with Crippen molar-refractivity contribution in [2.45, 2.75) is 31.1 Å². The van der Waals surface area contributed by atoms with Gasteiger partial charge in [0.25, 0.3) is 5.91 Å². The zero-order chi connectivity index (χ0) is 22.4. The van der Waals surface area contributed by atoms with Gasteiger partial charge in [-0.05, 0) is 50.1 Å². The summed E-state index contributed by atoms with van der Waals surface area (Å²) in [4.78, 5) is 12.4. The van der Waals surface area contributed by atoms with E-state index in [0.717, 1.165) is 19.3 Å². The molecular weight excluding hydrogens is 463 g/mol. The maximum atomic E-state index is 13.2. The van der Waals surface area contributed by atoms with Gasteiger partial charge in [0.2, 0.25) is 10.0 Å². The molecule has 0 atom stereocenters. The number of amides is 1. The summed E-state index contributed by atoms with van der Waals surface area (Å²) < 4.78 is 38.8. The molecule has 0 radical (unpaired) electrons. The second-order valence-electron chi connectivity index (χ2n) is 6.95. The third-order valence-electron chi connectivity index (χ3n) is 4.73. The van der Waals surface area contributed by atoms with Gasteiger partial charge >= 0.3 is 0 Å². The van der Waals surface area contributed by atoms with Gasteiger partial charge in [0, 0.05) is 18.8 Å². The van der Waals surface area contributed by atoms with Gasteiger partial charge in [0.05, 0.1) is 16.7 Å². The van der Waals surface area contributed by atoms with Crippen LogP contribution < -0.4 is 14.8 Å². The topological polar surface area (TPSA) is 84.9 Å². The smallest absolute Gasteiger partial charge is 0.262 e. The molecule has 0 aliphatic carbocycles. The number of nitrogens with zero attached hydrogens (tertiary/aromatic N) is 1. The number of carbonyl (C=O) groups is 1. The van der Waals surface area contributed by atoms with Crippen LogP contribution in [-0.2, 0) is 14.8 Å². The van der Waals surface area contributed by atoms with E-state index >= 15 is 0 Å². The third kappa shape index (κ3) is 5.83. The van der Waals surface area contributed by atoms with Crippen LogP contribution in [0.15, 0.2) is 41.3 Å². The largest absolute Gasteiger partial charge is 0.492 e. The Balaban J connectivity index is 1.77. The molecule has 0 bridgehead atoms. The lowest BCUT2D eigenvalue weighted by Crippen LogP contribution is -2.35. The van der Waals surface area contributed by atoms with Crippen LogP contribution in [-0.4, -0.2) is 44.9 Å². The van der Waals surface area contributed by atoms with E-state index in [4.69, 9.17) is 32.7 Å². The monoisotopic (exact) mass is 486 g/mol. The first-order valence-corrected chi connectivity index (χ1v) is 12.2. The van der Waals surface area contributed by atoms with Crippen LogP contribution in [0.25, 0.3) is 0 Å². The number of sulfonamides is 1. The van der Waals surface area contributed by atoms with Gasteiger partial charge in [-0.2, -0.15) is 4.31 Å². The summed E-state index contributed by atoms with van der Waals surface area (Å²) in [5, 5.41) is 3.22. The summed E-state index contributed by atoms with van der Waals surface area (Å²) in [5.41, 5.74) is 0.317. The number of anilines is 1. The van der Waals surface area contributed by atoms with Gasteiger partial charge in [0.1, 0.15) is 10.6 Å². The molecule has 0 unspecified atom stereocenters. The number of halogens is 2. The van der Waals surface area contributed by atoms with Crippen LogP contribution in [0.4, 0.5) is 5.69 Å². The number of hydrogen-bond acceptors (Lipinski definition) is 5. The van der Waals surface area contributed by atoms with E-state index in [2.05, 4.69) is 5.32 Å². The molecule has 31 heavy (non-hydrogen) atoms. The average molecular weight is 487 g/mol. The lowest BCUT2D eigenvalue weighted by atomic mass is 10.2. The Morgan fingerprint density at radius 2 is 1.74 bits per heavy atom. The summed E-state index contributed by atoms with van der Waals surface area (Å²) >= 11 is 12.1. The molecule has 1 aliphatic heterocycles. The van der Waals surface area contributed by atoms with Crippen molar-refractivity contribution < 1.29 is 22.7 Å². The Hall–Kier alpha value is -2.00.